The van der Waals surface area contributed by atoms with Gasteiger partial charge in [-0.1, -0.05) is 0 Å². The zero-order chi connectivity index (χ0) is 19.1. The second kappa shape index (κ2) is 7.11. The highest BCUT2D eigenvalue weighted by Gasteiger charge is 2.38. The van der Waals surface area contributed by atoms with E-state index >= 15 is 0 Å². The van der Waals surface area contributed by atoms with E-state index in [0.29, 0.717) is 35.6 Å². The highest BCUT2D eigenvalue weighted by molar-refractivity contribution is 6.03. The van der Waals surface area contributed by atoms with Gasteiger partial charge in [-0.05, 0) is 44.9 Å². The molecule has 1 aromatic rings. The number of hydrogen-bond acceptors (Lipinski definition) is 5. The van der Waals surface area contributed by atoms with Gasteiger partial charge in [-0.2, -0.15) is 0 Å². The van der Waals surface area contributed by atoms with Crippen LogP contribution in [0, 0.1) is 12.8 Å². The minimum absolute atomic E-state index is 0.0234. The molecule has 1 heterocycles. The number of furan rings is 1. The van der Waals surface area contributed by atoms with Crippen molar-refractivity contribution in [3.63, 3.8) is 0 Å². The SMILES string of the molecule is Cc1c(C(=O)NC2CC(N(CC(=O)O)CC3CC3)C2)oc2c1C(=O)CCC2. The number of rotatable bonds is 7. The average molecular weight is 374 g/mol. The predicted molar refractivity (Wildman–Crippen MR) is 96.9 cm³/mol. The second-order valence-electron chi connectivity index (χ2n) is 8.19. The first-order chi connectivity index (χ1) is 12.9. The summed E-state index contributed by atoms with van der Waals surface area (Å²) in [5.41, 5.74) is 1.24. The Morgan fingerprint density at radius 2 is 2.00 bits per heavy atom. The predicted octanol–water partition coefficient (Wildman–Crippen LogP) is 2.16. The molecule has 7 heteroatoms. The smallest absolute Gasteiger partial charge is 0.317 e. The lowest BCUT2D eigenvalue weighted by Gasteiger charge is -2.42. The van der Waals surface area contributed by atoms with Crippen LogP contribution in [0.3, 0.4) is 0 Å². The molecular weight excluding hydrogens is 348 g/mol. The molecule has 146 valence electrons. The van der Waals surface area contributed by atoms with E-state index < -0.39 is 5.97 Å². The van der Waals surface area contributed by atoms with Crippen LogP contribution < -0.4 is 5.32 Å². The average Bonchev–Trinajstić information content (AvgIpc) is 3.31. The number of carbonyl (C=O) groups is 3. The number of carbonyl (C=O) groups excluding carboxylic acids is 2. The Bertz CT molecular complexity index is 774. The normalized spacial score (nSPS) is 24.4. The summed E-state index contributed by atoms with van der Waals surface area (Å²) >= 11 is 0. The molecule has 27 heavy (non-hydrogen) atoms. The van der Waals surface area contributed by atoms with Gasteiger partial charge < -0.3 is 14.8 Å². The number of carboxylic acid groups (broad SMARTS) is 1. The fourth-order valence-corrected chi connectivity index (χ4v) is 4.27. The van der Waals surface area contributed by atoms with Crippen molar-refractivity contribution in [2.45, 2.75) is 64.0 Å². The minimum Gasteiger partial charge on any atom is -0.480 e. The molecular formula is C20H26N2O5. The van der Waals surface area contributed by atoms with Gasteiger partial charge >= 0.3 is 5.97 Å². The van der Waals surface area contributed by atoms with Crippen LogP contribution in [0.2, 0.25) is 0 Å². The van der Waals surface area contributed by atoms with Crippen LogP contribution in [0.1, 0.15) is 70.8 Å². The van der Waals surface area contributed by atoms with Crippen LogP contribution in [0.25, 0.3) is 0 Å². The van der Waals surface area contributed by atoms with E-state index in [2.05, 4.69) is 5.32 Å². The van der Waals surface area contributed by atoms with E-state index in [0.717, 1.165) is 25.8 Å². The molecule has 1 amide bonds. The maximum atomic E-state index is 12.6. The number of amides is 1. The van der Waals surface area contributed by atoms with Crippen LogP contribution in [0.15, 0.2) is 4.42 Å². The highest BCUT2D eigenvalue weighted by atomic mass is 16.4. The Balaban J connectivity index is 1.35. The van der Waals surface area contributed by atoms with Crippen molar-refractivity contribution in [2.24, 2.45) is 5.92 Å². The van der Waals surface area contributed by atoms with Gasteiger partial charge in [0, 0.05) is 37.0 Å². The van der Waals surface area contributed by atoms with Gasteiger partial charge in [-0.3, -0.25) is 19.3 Å². The third kappa shape index (κ3) is 3.78. The molecule has 1 aromatic heterocycles. The van der Waals surface area contributed by atoms with Crippen molar-refractivity contribution >= 4 is 17.7 Å². The molecule has 0 radical (unpaired) electrons. The van der Waals surface area contributed by atoms with Crippen LogP contribution in [-0.2, 0) is 11.2 Å². The van der Waals surface area contributed by atoms with Gasteiger partial charge in [0.1, 0.15) is 5.76 Å². The summed E-state index contributed by atoms with van der Waals surface area (Å²) in [5, 5.41) is 12.1. The van der Waals surface area contributed by atoms with Gasteiger partial charge in [0.2, 0.25) is 0 Å². The van der Waals surface area contributed by atoms with Crippen molar-refractivity contribution < 1.29 is 23.9 Å². The molecule has 0 bridgehead atoms. The first-order valence-corrected chi connectivity index (χ1v) is 9.84. The molecule has 0 atom stereocenters. The molecule has 7 nitrogen and oxygen atoms in total. The van der Waals surface area contributed by atoms with Gasteiger partial charge in [0.05, 0.1) is 12.1 Å². The molecule has 3 aliphatic carbocycles. The van der Waals surface area contributed by atoms with Gasteiger partial charge in [0.15, 0.2) is 11.5 Å². The third-order valence-corrected chi connectivity index (χ3v) is 6.01. The molecule has 3 aliphatic rings. The molecule has 2 N–H and O–H groups in total. The summed E-state index contributed by atoms with van der Waals surface area (Å²) in [6.45, 7) is 2.67. The Morgan fingerprint density at radius 1 is 1.26 bits per heavy atom. The first kappa shape index (κ1) is 18.2. The Labute approximate surface area is 158 Å². The van der Waals surface area contributed by atoms with Crippen LogP contribution in [0.5, 0.6) is 0 Å². The van der Waals surface area contributed by atoms with Gasteiger partial charge in [0.25, 0.3) is 5.91 Å². The molecule has 2 fully saturated rings. The summed E-state index contributed by atoms with van der Waals surface area (Å²) in [4.78, 5) is 37.8. The van der Waals surface area contributed by atoms with Crippen molar-refractivity contribution in [2.75, 3.05) is 13.1 Å². The molecule has 0 spiro atoms. The maximum Gasteiger partial charge on any atom is 0.317 e. The van der Waals surface area contributed by atoms with E-state index in [-0.39, 0.29) is 36.1 Å². The third-order valence-electron chi connectivity index (χ3n) is 6.01. The first-order valence-electron chi connectivity index (χ1n) is 9.84. The van der Waals surface area contributed by atoms with Crippen molar-refractivity contribution in [1.82, 2.24) is 10.2 Å². The number of nitrogens with one attached hydrogen (secondary N) is 1. The number of fused-ring (bicyclic) bond motifs is 1. The number of Topliss-reactive ketones (excluding diaryl/α,β-unsaturated/α-hetero) is 1. The fourth-order valence-electron chi connectivity index (χ4n) is 4.27. The molecule has 0 aromatic carbocycles. The highest BCUT2D eigenvalue weighted by Crippen LogP contribution is 2.34. The van der Waals surface area contributed by atoms with E-state index in [1.54, 1.807) is 6.92 Å². The van der Waals surface area contributed by atoms with Crippen LogP contribution >= 0.6 is 0 Å². The second-order valence-corrected chi connectivity index (χ2v) is 8.19. The maximum absolute atomic E-state index is 12.6. The number of aliphatic carboxylic acids is 1. The quantitative estimate of drug-likeness (QED) is 0.759. The van der Waals surface area contributed by atoms with Crippen molar-refractivity contribution in [3.8, 4) is 0 Å². The summed E-state index contributed by atoms with van der Waals surface area (Å²) in [6.07, 6.45) is 5.86. The molecule has 0 aliphatic heterocycles. The summed E-state index contributed by atoms with van der Waals surface area (Å²) in [5.74, 6) is 0.503. The monoisotopic (exact) mass is 374 g/mol. The number of ketones is 1. The van der Waals surface area contributed by atoms with Crippen molar-refractivity contribution in [3.05, 3.63) is 22.6 Å². The van der Waals surface area contributed by atoms with Crippen molar-refractivity contribution in [1.29, 1.82) is 0 Å². The van der Waals surface area contributed by atoms with E-state index in [4.69, 9.17) is 9.52 Å². The number of carboxylic acids is 1. The summed E-state index contributed by atoms with van der Waals surface area (Å²) in [7, 11) is 0. The lowest BCUT2D eigenvalue weighted by atomic mass is 9.85. The fraction of sp³-hybridized carbons (Fsp3) is 0.650. The Kier molecular flexibility index (Phi) is 4.80. The zero-order valence-corrected chi connectivity index (χ0v) is 15.6. The number of nitrogens with zero attached hydrogens (tertiary/aromatic N) is 1. The zero-order valence-electron chi connectivity index (χ0n) is 15.6. The largest absolute Gasteiger partial charge is 0.480 e. The topological polar surface area (TPSA) is 99.8 Å². The lowest BCUT2D eigenvalue weighted by molar-refractivity contribution is -0.139. The van der Waals surface area contributed by atoms with Gasteiger partial charge in [-0.15, -0.1) is 0 Å². The minimum atomic E-state index is -0.801. The van der Waals surface area contributed by atoms with E-state index in [9.17, 15) is 14.4 Å². The number of hydrogen-bond donors (Lipinski definition) is 2. The molecule has 0 saturated heterocycles. The van der Waals surface area contributed by atoms with Crippen LogP contribution in [0.4, 0.5) is 0 Å². The summed E-state index contributed by atoms with van der Waals surface area (Å²) < 4.78 is 5.71. The van der Waals surface area contributed by atoms with E-state index in [1.807, 2.05) is 4.90 Å². The molecule has 2 saturated carbocycles. The standard InChI is InChI=1S/C20H26N2O5/c1-11-18-15(23)3-2-4-16(18)27-19(11)20(26)21-13-7-14(8-13)22(10-17(24)25)9-12-5-6-12/h12-14H,2-10H2,1H3,(H,21,26)(H,24,25). The molecule has 4 rings (SSSR count). The Hall–Kier alpha value is -2.15. The lowest BCUT2D eigenvalue weighted by Crippen LogP contribution is -2.55. The van der Waals surface area contributed by atoms with E-state index in [1.165, 1.54) is 12.8 Å². The van der Waals surface area contributed by atoms with Gasteiger partial charge in [-0.25, -0.2) is 0 Å². The summed E-state index contributed by atoms with van der Waals surface area (Å²) in [6, 6.07) is 0.231. The molecule has 0 unspecified atom stereocenters. The van der Waals surface area contributed by atoms with Crippen LogP contribution in [-0.4, -0.2) is 52.8 Å². The Morgan fingerprint density at radius 3 is 2.63 bits per heavy atom. The number of aryl methyl sites for hydroxylation is 1.